The molecule has 0 aliphatic rings. The second-order valence-corrected chi connectivity index (χ2v) is 6.80. The molecule has 8 heteroatoms. The zero-order chi connectivity index (χ0) is 22.0. The van der Waals surface area contributed by atoms with E-state index in [1.54, 1.807) is 6.07 Å². The molecule has 158 valence electrons. The number of primary amides is 1. The van der Waals surface area contributed by atoms with Crippen molar-refractivity contribution in [1.82, 2.24) is 5.32 Å². The van der Waals surface area contributed by atoms with Crippen molar-refractivity contribution in [3.63, 3.8) is 0 Å². The Labute approximate surface area is 167 Å². The first-order chi connectivity index (χ1) is 13.5. The Morgan fingerprint density at radius 3 is 2.14 bits per heavy atom. The van der Waals surface area contributed by atoms with Crippen LogP contribution >= 0.6 is 0 Å². The maximum atomic E-state index is 11.2. The number of halogens is 3. The van der Waals surface area contributed by atoms with Crippen molar-refractivity contribution >= 4 is 11.9 Å². The van der Waals surface area contributed by atoms with Crippen LogP contribution in [0.2, 0.25) is 0 Å². The number of benzene rings is 2. The van der Waals surface area contributed by atoms with Gasteiger partial charge in [-0.2, -0.15) is 13.2 Å². The number of carbonyl (C=O) groups excluding carboxylic acids is 1. The summed E-state index contributed by atoms with van der Waals surface area (Å²) in [7, 11) is 0. The van der Waals surface area contributed by atoms with Crippen LogP contribution in [-0.4, -0.2) is 29.7 Å². The summed E-state index contributed by atoms with van der Waals surface area (Å²) >= 11 is 0. The topological polar surface area (TPSA) is 92.4 Å². The Morgan fingerprint density at radius 1 is 1.07 bits per heavy atom. The molecule has 4 N–H and O–H groups in total. The van der Waals surface area contributed by atoms with Crippen molar-refractivity contribution in [2.45, 2.75) is 33.0 Å². The number of aliphatic carboxylic acids is 1. The van der Waals surface area contributed by atoms with Crippen LogP contribution in [0.25, 0.3) is 11.1 Å². The molecule has 29 heavy (non-hydrogen) atoms. The number of nitrogens with two attached hydrogens (primary N) is 1. The van der Waals surface area contributed by atoms with Gasteiger partial charge in [0.25, 0.3) is 0 Å². The summed E-state index contributed by atoms with van der Waals surface area (Å²) in [6.45, 7) is 6.39. The minimum absolute atomic E-state index is 0.396. The van der Waals surface area contributed by atoms with Gasteiger partial charge in [-0.25, -0.2) is 4.79 Å². The van der Waals surface area contributed by atoms with Gasteiger partial charge in [-0.3, -0.25) is 4.79 Å². The number of carboxylic acid groups (broad SMARTS) is 1. The average Bonchev–Trinajstić information content (AvgIpc) is 2.65. The fourth-order valence-corrected chi connectivity index (χ4v) is 2.29. The second kappa shape index (κ2) is 11.2. The highest BCUT2D eigenvalue weighted by atomic mass is 19.4. The standard InChI is InChI=1S/C19H24N2O.C2HF3O2/c1-14(2)10-11-21-13-15-6-8-16(9-7-15)17-4-3-5-18(12-17)19(20)22;3-2(4,5)1(6)7/h3-9,12,14,21H,10-11,13H2,1-2H3,(H2,20,22);(H,6,7). The van der Waals surface area contributed by atoms with Crippen LogP contribution in [0.5, 0.6) is 0 Å². The van der Waals surface area contributed by atoms with Gasteiger partial charge in [0.1, 0.15) is 0 Å². The fraction of sp³-hybridized carbons (Fsp3) is 0.333. The van der Waals surface area contributed by atoms with Crippen LogP contribution in [0.15, 0.2) is 48.5 Å². The van der Waals surface area contributed by atoms with Crippen molar-refractivity contribution in [2.24, 2.45) is 11.7 Å². The second-order valence-electron chi connectivity index (χ2n) is 6.80. The summed E-state index contributed by atoms with van der Waals surface area (Å²) in [5.41, 5.74) is 9.23. The number of carboxylic acids is 1. The Kier molecular flexibility index (Phi) is 9.34. The van der Waals surface area contributed by atoms with Crippen molar-refractivity contribution in [2.75, 3.05) is 6.54 Å². The number of nitrogens with one attached hydrogen (secondary N) is 1. The van der Waals surface area contributed by atoms with Crippen LogP contribution < -0.4 is 11.1 Å². The van der Waals surface area contributed by atoms with Crippen molar-refractivity contribution in [3.05, 3.63) is 59.7 Å². The zero-order valence-corrected chi connectivity index (χ0v) is 16.3. The van der Waals surface area contributed by atoms with Gasteiger partial charge < -0.3 is 16.2 Å². The van der Waals surface area contributed by atoms with Gasteiger partial charge in [0, 0.05) is 12.1 Å². The lowest BCUT2D eigenvalue weighted by atomic mass is 10.0. The van der Waals surface area contributed by atoms with Crippen molar-refractivity contribution in [1.29, 1.82) is 0 Å². The number of hydrogen-bond acceptors (Lipinski definition) is 3. The maximum absolute atomic E-state index is 11.2. The first-order valence-electron chi connectivity index (χ1n) is 9.00. The largest absolute Gasteiger partial charge is 0.490 e. The lowest BCUT2D eigenvalue weighted by Crippen LogP contribution is -2.21. The normalized spacial score (nSPS) is 11.0. The van der Waals surface area contributed by atoms with E-state index in [9.17, 15) is 18.0 Å². The average molecular weight is 410 g/mol. The molecule has 5 nitrogen and oxygen atoms in total. The quantitative estimate of drug-likeness (QED) is 0.596. The molecule has 0 spiro atoms. The van der Waals surface area contributed by atoms with Gasteiger partial charge >= 0.3 is 12.1 Å². The van der Waals surface area contributed by atoms with E-state index in [2.05, 4.69) is 43.4 Å². The molecule has 0 saturated carbocycles. The minimum atomic E-state index is -5.08. The first kappa shape index (κ1) is 24.2. The third-order valence-corrected chi connectivity index (χ3v) is 3.90. The molecule has 0 aliphatic carbocycles. The summed E-state index contributed by atoms with van der Waals surface area (Å²) in [6.07, 6.45) is -3.89. The molecular formula is C21H25F3N2O3. The van der Waals surface area contributed by atoms with E-state index in [4.69, 9.17) is 15.6 Å². The molecule has 0 aromatic heterocycles. The van der Waals surface area contributed by atoms with E-state index in [1.165, 1.54) is 12.0 Å². The van der Waals surface area contributed by atoms with Gasteiger partial charge in [-0.15, -0.1) is 0 Å². The molecule has 0 unspecified atom stereocenters. The van der Waals surface area contributed by atoms with Gasteiger partial charge in [0.2, 0.25) is 5.91 Å². The van der Waals surface area contributed by atoms with E-state index in [1.807, 2.05) is 18.2 Å². The summed E-state index contributed by atoms with van der Waals surface area (Å²) in [6, 6.07) is 15.8. The molecule has 0 bridgehead atoms. The molecule has 2 aromatic rings. The number of rotatable bonds is 7. The molecule has 0 fully saturated rings. The Morgan fingerprint density at radius 2 is 1.66 bits per heavy atom. The Bertz CT molecular complexity index is 804. The summed E-state index contributed by atoms with van der Waals surface area (Å²) in [4.78, 5) is 20.1. The van der Waals surface area contributed by atoms with Crippen molar-refractivity contribution < 1.29 is 27.9 Å². The third kappa shape index (κ3) is 9.25. The highest BCUT2D eigenvalue weighted by Crippen LogP contribution is 2.21. The third-order valence-electron chi connectivity index (χ3n) is 3.90. The molecule has 0 aliphatic heterocycles. The summed E-state index contributed by atoms with van der Waals surface area (Å²) in [5, 5.41) is 10.6. The molecule has 0 atom stereocenters. The van der Waals surface area contributed by atoms with Crippen LogP contribution in [0.4, 0.5) is 13.2 Å². The van der Waals surface area contributed by atoms with Gasteiger partial charge in [-0.05, 0) is 47.7 Å². The highest BCUT2D eigenvalue weighted by molar-refractivity contribution is 5.94. The highest BCUT2D eigenvalue weighted by Gasteiger charge is 2.38. The SMILES string of the molecule is CC(C)CCNCc1ccc(-c2cccc(C(N)=O)c2)cc1.O=C(O)C(F)(F)F. The van der Waals surface area contributed by atoms with Gasteiger partial charge in [-0.1, -0.05) is 50.2 Å². The van der Waals surface area contributed by atoms with E-state index < -0.39 is 18.1 Å². The summed E-state index contributed by atoms with van der Waals surface area (Å²) in [5.74, 6) is -2.42. The monoisotopic (exact) mass is 410 g/mol. The first-order valence-corrected chi connectivity index (χ1v) is 9.00. The molecule has 0 heterocycles. The molecule has 1 amide bonds. The lowest BCUT2D eigenvalue weighted by molar-refractivity contribution is -0.192. The number of hydrogen-bond donors (Lipinski definition) is 3. The molecule has 0 radical (unpaired) electrons. The minimum Gasteiger partial charge on any atom is -0.475 e. The van der Waals surface area contributed by atoms with Gasteiger partial charge in [0.05, 0.1) is 0 Å². The molecular weight excluding hydrogens is 385 g/mol. The van der Waals surface area contributed by atoms with E-state index in [0.717, 1.165) is 30.1 Å². The zero-order valence-electron chi connectivity index (χ0n) is 16.3. The van der Waals surface area contributed by atoms with Crippen molar-refractivity contribution in [3.8, 4) is 11.1 Å². The Balaban J connectivity index is 0.000000516. The fourth-order valence-electron chi connectivity index (χ4n) is 2.29. The van der Waals surface area contributed by atoms with E-state index in [-0.39, 0.29) is 0 Å². The maximum Gasteiger partial charge on any atom is 0.490 e. The molecule has 0 saturated heterocycles. The Hall–Kier alpha value is -2.87. The molecule has 2 rings (SSSR count). The summed E-state index contributed by atoms with van der Waals surface area (Å²) < 4.78 is 31.7. The van der Waals surface area contributed by atoms with Gasteiger partial charge in [0.15, 0.2) is 0 Å². The van der Waals surface area contributed by atoms with Crippen LogP contribution in [-0.2, 0) is 11.3 Å². The van der Waals surface area contributed by atoms with Crippen LogP contribution in [0.3, 0.4) is 0 Å². The van der Waals surface area contributed by atoms with E-state index >= 15 is 0 Å². The molecule has 2 aromatic carbocycles. The lowest BCUT2D eigenvalue weighted by Gasteiger charge is -2.08. The number of carbonyl (C=O) groups is 2. The predicted octanol–water partition coefficient (Wildman–Crippen LogP) is 4.22. The van der Waals surface area contributed by atoms with E-state index in [0.29, 0.717) is 5.56 Å². The van der Waals surface area contributed by atoms with Crippen LogP contribution in [0, 0.1) is 5.92 Å². The predicted molar refractivity (Wildman–Crippen MR) is 105 cm³/mol. The number of amides is 1. The number of alkyl halides is 3. The smallest absolute Gasteiger partial charge is 0.475 e. The van der Waals surface area contributed by atoms with Crippen LogP contribution in [0.1, 0.15) is 36.2 Å².